The summed E-state index contributed by atoms with van der Waals surface area (Å²) in [5, 5.41) is 8.09. The molecular formula is C15H27N3O2S. The standard InChI is InChI=1S/C15H27N3O2S/c1-10(2)16-8-11(3)15-12(4)17-18(13(15)5)14-6-7-21(19,20)9-14/h10-11,14,16H,6-9H2,1-5H3. The van der Waals surface area contributed by atoms with Gasteiger partial charge in [0.15, 0.2) is 9.84 Å². The molecule has 0 saturated carbocycles. The van der Waals surface area contributed by atoms with Crippen LogP contribution in [-0.4, -0.2) is 42.3 Å². The van der Waals surface area contributed by atoms with Crippen LogP contribution >= 0.6 is 0 Å². The summed E-state index contributed by atoms with van der Waals surface area (Å²) in [6.45, 7) is 11.5. The third-order valence-corrected chi connectivity index (χ3v) is 6.01. The van der Waals surface area contributed by atoms with Crippen molar-refractivity contribution in [1.29, 1.82) is 0 Å². The summed E-state index contributed by atoms with van der Waals surface area (Å²) in [6.07, 6.45) is 0.683. The fraction of sp³-hybridized carbons (Fsp3) is 0.800. The molecule has 1 saturated heterocycles. The average Bonchev–Trinajstić information content (AvgIpc) is 2.86. The highest BCUT2D eigenvalue weighted by Gasteiger charge is 2.32. The molecule has 2 atom stereocenters. The molecular weight excluding hydrogens is 286 g/mol. The van der Waals surface area contributed by atoms with Crippen LogP contribution in [0.2, 0.25) is 0 Å². The van der Waals surface area contributed by atoms with Gasteiger partial charge in [0.2, 0.25) is 0 Å². The minimum absolute atomic E-state index is 0.00714. The molecule has 2 unspecified atom stereocenters. The summed E-state index contributed by atoms with van der Waals surface area (Å²) >= 11 is 0. The minimum Gasteiger partial charge on any atom is -0.314 e. The van der Waals surface area contributed by atoms with Crippen molar-refractivity contribution in [3.8, 4) is 0 Å². The van der Waals surface area contributed by atoms with Crippen molar-refractivity contribution in [3.63, 3.8) is 0 Å². The number of sulfone groups is 1. The van der Waals surface area contributed by atoms with Crippen LogP contribution in [0.3, 0.4) is 0 Å². The van der Waals surface area contributed by atoms with Gasteiger partial charge in [0.05, 0.1) is 23.2 Å². The van der Waals surface area contributed by atoms with Gasteiger partial charge in [-0.1, -0.05) is 20.8 Å². The van der Waals surface area contributed by atoms with Gasteiger partial charge in [0, 0.05) is 23.8 Å². The normalized spacial score (nSPS) is 22.9. The van der Waals surface area contributed by atoms with Crippen molar-refractivity contribution in [2.75, 3.05) is 18.1 Å². The van der Waals surface area contributed by atoms with Crippen molar-refractivity contribution in [1.82, 2.24) is 15.1 Å². The fourth-order valence-electron chi connectivity index (χ4n) is 3.23. The van der Waals surface area contributed by atoms with Gasteiger partial charge in [0.25, 0.3) is 0 Å². The van der Waals surface area contributed by atoms with Crippen LogP contribution in [0.1, 0.15) is 56.1 Å². The number of hydrogen-bond acceptors (Lipinski definition) is 4. The Kier molecular flexibility index (Phi) is 4.78. The quantitative estimate of drug-likeness (QED) is 0.902. The summed E-state index contributed by atoms with van der Waals surface area (Å²) in [7, 11) is -2.88. The van der Waals surface area contributed by atoms with Crippen LogP contribution in [0.15, 0.2) is 0 Å². The Labute approximate surface area is 128 Å². The molecule has 1 aromatic heterocycles. The van der Waals surface area contributed by atoms with Gasteiger partial charge in [-0.15, -0.1) is 0 Å². The summed E-state index contributed by atoms with van der Waals surface area (Å²) in [4.78, 5) is 0. The molecule has 0 radical (unpaired) electrons. The molecule has 0 aromatic carbocycles. The molecule has 6 heteroatoms. The Morgan fingerprint density at radius 1 is 1.33 bits per heavy atom. The molecule has 1 N–H and O–H groups in total. The first kappa shape index (κ1) is 16.5. The lowest BCUT2D eigenvalue weighted by Gasteiger charge is -2.17. The number of aryl methyl sites for hydroxylation is 1. The van der Waals surface area contributed by atoms with Crippen molar-refractivity contribution in [2.45, 2.75) is 59.0 Å². The van der Waals surface area contributed by atoms with Crippen LogP contribution in [0.25, 0.3) is 0 Å². The van der Waals surface area contributed by atoms with E-state index < -0.39 is 9.84 Å². The summed E-state index contributed by atoms with van der Waals surface area (Å²) < 4.78 is 25.3. The maximum Gasteiger partial charge on any atom is 0.152 e. The maximum absolute atomic E-state index is 11.7. The van der Waals surface area contributed by atoms with Crippen LogP contribution in [-0.2, 0) is 9.84 Å². The Balaban J connectivity index is 2.21. The van der Waals surface area contributed by atoms with E-state index in [4.69, 9.17) is 0 Å². The highest BCUT2D eigenvalue weighted by atomic mass is 32.2. The Morgan fingerprint density at radius 3 is 2.52 bits per heavy atom. The van der Waals surface area contributed by atoms with Crippen LogP contribution in [0.4, 0.5) is 0 Å². The molecule has 0 amide bonds. The molecule has 120 valence electrons. The monoisotopic (exact) mass is 313 g/mol. The lowest BCUT2D eigenvalue weighted by atomic mass is 9.98. The van der Waals surface area contributed by atoms with Crippen molar-refractivity contribution >= 4 is 9.84 Å². The first-order valence-corrected chi connectivity index (χ1v) is 9.53. The lowest BCUT2D eigenvalue weighted by molar-refractivity contribution is 0.484. The van der Waals surface area contributed by atoms with Crippen LogP contribution in [0.5, 0.6) is 0 Å². The van der Waals surface area contributed by atoms with E-state index in [2.05, 4.69) is 38.1 Å². The van der Waals surface area contributed by atoms with Gasteiger partial charge in [-0.2, -0.15) is 5.10 Å². The van der Waals surface area contributed by atoms with E-state index in [1.165, 1.54) is 5.56 Å². The second-order valence-corrected chi connectivity index (χ2v) is 8.78. The largest absolute Gasteiger partial charge is 0.314 e. The highest BCUT2D eigenvalue weighted by molar-refractivity contribution is 7.91. The number of aromatic nitrogens is 2. The zero-order valence-electron chi connectivity index (χ0n) is 13.7. The predicted octanol–water partition coefficient (Wildman–Crippen LogP) is 1.96. The summed E-state index contributed by atoms with van der Waals surface area (Å²) in [6, 6.07) is 0.468. The lowest BCUT2D eigenvalue weighted by Crippen LogP contribution is -2.27. The van der Waals surface area contributed by atoms with E-state index in [9.17, 15) is 8.42 Å². The highest BCUT2D eigenvalue weighted by Crippen LogP contribution is 2.29. The number of rotatable bonds is 5. The van der Waals surface area contributed by atoms with Crippen molar-refractivity contribution in [2.24, 2.45) is 0 Å². The molecule has 1 fully saturated rings. The fourth-order valence-corrected chi connectivity index (χ4v) is 4.92. The van der Waals surface area contributed by atoms with E-state index in [-0.39, 0.29) is 17.5 Å². The minimum atomic E-state index is -2.88. The molecule has 1 aliphatic rings. The third kappa shape index (κ3) is 3.66. The third-order valence-electron chi connectivity index (χ3n) is 4.26. The first-order chi connectivity index (χ1) is 9.71. The smallest absolute Gasteiger partial charge is 0.152 e. The molecule has 0 aliphatic carbocycles. The molecule has 2 heterocycles. The number of nitrogens with zero attached hydrogens (tertiary/aromatic N) is 2. The molecule has 0 bridgehead atoms. The molecule has 21 heavy (non-hydrogen) atoms. The topological polar surface area (TPSA) is 64.0 Å². The van der Waals surface area contributed by atoms with Gasteiger partial charge < -0.3 is 5.32 Å². The molecule has 2 rings (SSSR count). The van der Waals surface area contributed by atoms with Gasteiger partial charge >= 0.3 is 0 Å². The van der Waals surface area contributed by atoms with E-state index in [0.717, 1.165) is 17.9 Å². The van der Waals surface area contributed by atoms with E-state index in [1.54, 1.807) is 0 Å². The summed E-state index contributed by atoms with van der Waals surface area (Å²) in [5.74, 6) is 0.891. The van der Waals surface area contributed by atoms with Gasteiger partial charge in [-0.05, 0) is 26.2 Å². The van der Waals surface area contributed by atoms with E-state index in [1.807, 2.05) is 11.6 Å². The Morgan fingerprint density at radius 2 is 2.00 bits per heavy atom. The Bertz CT molecular complexity index is 605. The van der Waals surface area contributed by atoms with Gasteiger partial charge in [-0.25, -0.2) is 8.42 Å². The molecule has 0 spiro atoms. The van der Waals surface area contributed by atoms with Crippen molar-refractivity contribution < 1.29 is 8.42 Å². The van der Waals surface area contributed by atoms with Crippen LogP contribution in [0, 0.1) is 13.8 Å². The summed E-state index contributed by atoms with van der Waals surface area (Å²) in [5.41, 5.74) is 3.40. The van der Waals surface area contributed by atoms with E-state index in [0.29, 0.717) is 18.4 Å². The number of hydrogen-bond donors (Lipinski definition) is 1. The first-order valence-electron chi connectivity index (χ1n) is 7.70. The SMILES string of the molecule is Cc1nn(C2CCS(=O)(=O)C2)c(C)c1C(C)CNC(C)C. The second-order valence-electron chi connectivity index (χ2n) is 6.55. The number of nitrogens with one attached hydrogen (secondary N) is 1. The second kappa shape index (κ2) is 6.08. The van der Waals surface area contributed by atoms with Gasteiger partial charge in [0.1, 0.15) is 0 Å². The molecule has 5 nitrogen and oxygen atoms in total. The van der Waals surface area contributed by atoms with Crippen LogP contribution < -0.4 is 5.32 Å². The van der Waals surface area contributed by atoms with Crippen molar-refractivity contribution in [3.05, 3.63) is 17.0 Å². The molecule has 1 aromatic rings. The Hall–Kier alpha value is -0.880. The predicted molar refractivity (Wildman–Crippen MR) is 85.6 cm³/mol. The zero-order chi connectivity index (χ0) is 15.8. The maximum atomic E-state index is 11.7. The zero-order valence-corrected chi connectivity index (χ0v) is 14.5. The average molecular weight is 313 g/mol. The molecule has 1 aliphatic heterocycles. The van der Waals surface area contributed by atoms with E-state index >= 15 is 0 Å². The van der Waals surface area contributed by atoms with Gasteiger partial charge in [-0.3, -0.25) is 4.68 Å².